The quantitative estimate of drug-likeness (QED) is 0.173. The van der Waals surface area contributed by atoms with E-state index in [4.69, 9.17) is 14.2 Å². The summed E-state index contributed by atoms with van der Waals surface area (Å²) in [5.41, 5.74) is 8.04. The maximum Gasteiger partial charge on any atom is 0.262 e. The molecular weight excluding hydrogens is 566 g/mol. The van der Waals surface area contributed by atoms with E-state index in [2.05, 4.69) is 39.0 Å². The molecule has 0 aliphatic heterocycles. The number of hydrogen-bond acceptors (Lipinski definition) is 8. The van der Waals surface area contributed by atoms with Crippen molar-refractivity contribution in [3.8, 4) is 17.6 Å². The minimum atomic E-state index is -0.235. The van der Waals surface area contributed by atoms with Gasteiger partial charge in [-0.3, -0.25) is 10.2 Å². The number of nitrogens with zero attached hydrogens (tertiary/aromatic N) is 3. The summed E-state index contributed by atoms with van der Waals surface area (Å²) in [6.45, 7) is 4.32. The van der Waals surface area contributed by atoms with Gasteiger partial charge in [-0.15, -0.1) is 0 Å². The number of nitrogens with one attached hydrogen (secondary N) is 2. The Balaban J connectivity index is 1.06. The lowest BCUT2D eigenvalue weighted by atomic mass is 9.48. The van der Waals surface area contributed by atoms with Crippen molar-refractivity contribution >= 4 is 23.6 Å². The Morgan fingerprint density at radius 1 is 1.04 bits per heavy atom. The normalized spacial score (nSPS) is 23.1. The highest BCUT2D eigenvalue weighted by molar-refractivity contribution is 5.92. The monoisotopic (exact) mass is 607 g/mol. The summed E-state index contributed by atoms with van der Waals surface area (Å²) >= 11 is 0. The van der Waals surface area contributed by atoms with Gasteiger partial charge in [0.05, 0.1) is 19.4 Å². The smallest absolute Gasteiger partial charge is 0.262 e. The van der Waals surface area contributed by atoms with Crippen LogP contribution in [0.5, 0.6) is 11.5 Å². The van der Waals surface area contributed by atoms with E-state index in [1.807, 2.05) is 38.1 Å². The third-order valence-electron chi connectivity index (χ3n) is 9.47. The number of anilines is 2. The molecule has 0 spiro atoms. The van der Waals surface area contributed by atoms with E-state index in [1.54, 1.807) is 25.5 Å². The summed E-state index contributed by atoms with van der Waals surface area (Å²) in [6, 6.07) is 17.9. The molecule has 4 saturated carbocycles. The van der Waals surface area contributed by atoms with Crippen LogP contribution in [0.4, 0.5) is 11.5 Å². The molecule has 0 radical (unpaired) electrons. The molecule has 9 nitrogen and oxygen atoms in total. The van der Waals surface area contributed by atoms with Crippen LogP contribution >= 0.6 is 0 Å². The molecule has 3 aromatic rings. The molecular formula is C36H41N5O4. The Morgan fingerprint density at radius 3 is 2.40 bits per heavy atom. The highest BCUT2D eigenvalue weighted by atomic mass is 16.5. The summed E-state index contributed by atoms with van der Waals surface area (Å²) in [5.74, 6) is 3.79. The number of nitriles is 1. The van der Waals surface area contributed by atoms with Gasteiger partial charge in [0, 0.05) is 24.1 Å². The second-order valence-electron chi connectivity index (χ2n) is 12.8. The number of ether oxygens (including phenoxy) is 3. The molecule has 2 N–H and O–H groups in total. The van der Waals surface area contributed by atoms with Crippen LogP contribution in [0.3, 0.4) is 0 Å². The van der Waals surface area contributed by atoms with Gasteiger partial charge in [-0.1, -0.05) is 12.1 Å². The van der Waals surface area contributed by atoms with Crippen LogP contribution in [-0.2, 0) is 21.6 Å². The minimum Gasteiger partial charge on any atom is -0.490 e. The van der Waals surface area contributed by atoms with Gasteiger partial charge in [-0.05, 0) is 123 Å². The van der Waals surface area contributed by atoms with Crippen LogP contribution in [0.2, 0.25) is 0 Å². The van der Waals surface area contributed by atoms with Gasteiger partial charge in [0.15, 0.2) is 23.9 Å². The van der Waals surface area contributed by atoms with E-state index < -0.39 is 0 Å². The fourth-order valence-electron chi connectivity index (χ4n) is 8.09. The van der Waals surface area contributed by atoms with E-state index in [0.717, 1.165) is 40.3 Å². The highest BCUT2D eigenvalue weighted by Crippen LogP contribution is 2.60. The van der Waals surface area contributed by atoms with Gasteiger partial charge < -0.3 is 19.5 Å². The van der Waals surface area contributed by atoms with Crippen molar-refractivity contribution in [1.82, 2.24) is 4.98 Å². The SMILES string of the molecule is CCOc1cc(/C=N/Nc2nc(C)cc(COC)c2C#N)ccc1OCC(=O)Nc1ccc(C23CC4CC(CC(C4)C2)C3)cc1. The molecule has 7 rings (SSSR count). The van der Waals surface area contributed by atoms with Crippen molar-refractivity contribution < 1.29 is 19.0 Å². The number of pyridine rings is 1. The molecule has 9 heteroatoms. The predicted molar refractivity (Wildman–Crippen MR) is 174 cm³/mol. The molecule has 1 aromatic heterocycles. The van der Waals surface area contributed by atoms with Crippen molar-refractivity contribution in [2.45, 2.75) is 64.4 Å². The van der Waals surface area contributed by atoms with Gasteiger partial charge in [-0.25, -0.2) is 4.98 Å². The minimum absolute atomic E-state index is 0.147. The third-order valence-corrected chi connectivity index (χ3v) is 9.47. The number of amides is 1. The first-order valence-corrected chi connectivity index (χ1v) is 15.9. The number of carbonyl (C=O) groups excluding carboxylic acids is 1. The molecule has 234 valence electrons. The van der Waals surface area contributed by atoms with Crippen molar-refractivity contribution in [1.29, 1.82) is 5.26 Å². The van der Waals surface area contributed by atoms with Crippen molar-refractivity contribution in [2.24, 2.45) is 22.9 Å². The highest BCUT2D eigenvalue weighted by Gasteiger charge is 2.51. The zero-order chi connectivity index (χ0) is 31.4. The van der Waals surface area contributed by atoms with Crippen LogP contribution in [-0.4, -0.2) is 37.4 Å². The van der Waals surface area contributed by atoms with E-state index in [1.165, 1.54) is 44.1 Å². The molecule has 1 heterocycles. The standard InChI is InChI=1S/C36H41N5O4/c1-4-44-33-15-24(20-38-41-35-31(19-37)28(21-43-3)11-23(2)39-35)5-10-32(33)45-22-34(42)40-30-8-6-29(7-9-30)36-16-25-12-26(17-36)14-27(13-25)18-36/h5-11,15,20,25-27H,4,12-14,16-18,21-22H2,1-3H3,(H,39,41)(H,40,42)/b38-20+. The zero-order valence-corrected chi connectivity index (χ0v) is 26.3. The molecule has 4 fully saturated rings. The molecule has 2 aromatic carbocycles. The van der Waals surface area contributed by atoms with Crippen LogP contribution in [0.1, 0.15) is 73.4 Å². The lowest BCUT2D eigenvalue weighted by Crippen LogP contribution is -2.48. The molecule has 0 unspecified atom stereocenters. The Labute approximate surface area is 265 Å². The average Bonchev–Trinajstić information content (AvgIpc) is 3.00. The number of hydrogen-bond donors (Lipinski definition) is 2. The summed E-state index contributed by atoms with van der Waals surface area (Å²) in [7, 11) is 1.58. The van der Waals surface area contributed by atoms with Crippen LogP contribution in [0.15, 0.2) is 53.6 Å². The average molecular weight is 608 g/mol. The number of methoxy groups -OCH3 is 1. The molecule has 0 atom stereocenters. The van der Waals surface area contributed by atoms with E-state index in [0.29, 0.717) is 41.5 Å². The van der Waals surface area contributed by atoms with Gasteiger partial charge in [0.1, 0.15) is 11.6 Å². The Bertz CT molecular complexity index is 1580. The zero-order valence-electron chi connectivity index (χ0n) is 26.3. The third kappa shape index (κ3) is 6.81. The number of aryl methyl sites for hydroxylation is 1. The second kappa shape index (κ2) is 13.3. The van der Waals surface area contributed by atoms with Crippen LogP contribution < -0.4 is 20.2 Å². The van der Waals surface area contributed by atoms with Crippen molar-refractivity contribution in [3.05, 3.63) is 76.5 Å². The predicted octanol–water partition coefficient (Wildman–Crippen LogP) is 6.74. The lowest BCUT2D eigenvalue weighted by Gasteiger charge is -2.57. The maximum atomic E-state index is 12.8. The Hall–Kier alpha value is -4.42. The first-order valence-electron chi connectivity index (χ1n) is 15.9. The maximum absolute atomic E-state index is 12.8. The number of hydrazone groups is 1. The number of rotatable bonds is 12. The lowest BCUT2D eigenvalue weighted by molar-refractivity contribution is -0.118. The van der Waals surface area contributed by atoms with Gasteiger partial charge in [-0.2, -0.15) is 10.4 Å². The largest absolute Gasteiger partial charge is 0.490 e. The van der Waals surface area contributed by atoms with E-state index in [9.17, 15) is 10.1 Å². The topological polar surface area (TPSA) is 118 Å². The van der Waals surface area contributed by atoms with E-state index in [-0.39, 0.29) is 12.5 Å². The molecule has 4 aliphatic rings. The molecule has 1 amide bonds. The van der Waals surface area contributed by atoms with Crippen LogP contribution in [0.25, 0.3) is 0 Å². The van der Waals surface area contributed by atoms with Gasteiger partial charge in [0.2, 0.25) is 0 Å². The summed E-state index contributed by atoms with van der Waals surface area (Å²) in [6.07, 6.45) is 9.86. The van der Waals surface area contributed by atoms with Gasteiger partial charge in [0.25, 0.3) is 5.91 Å². The van der Waals surface area contributed by atoms with E-state index >= 15 is 0 Å². The molecule has 0 saturated heterocycles. The summed E-state index contributed by atoms with van der Waals surface area (Å²) in [4.78, 5) is 17.2. The number of benzene rings is 2. The first kappa shape index (κ1) is 30.6. The first-order chi connectivity index (χ1) is 21.9. The van der Waals surface area contributed by atoms with Crippen LogP contribution in [0, 0.1) is 36.0 Å². The number of carbonyl (C=O) groups is 1. The molecule has 45 heavy (non-hydrogen) atoms. The van der Waals surface area contributed by atoms with Crippen molar-refractivity contribution in [2.75, 3.05) is 31.1 Å². The fourth-order valence-corrected chi connectivity index (χ4v) is 8.09. The molecule has 4 aliphatic carbocycles. The van der Waals surface area contributed by atoms with Gasteiger partial charge >= 0.3 is 0 Å². The summed E-state index contributed by atoms with van der Waals surface area (Å²) in [5, 5.41) is 16.9. The number of aromatic nitrogens is 1. The Morgan fingerprint density at radius 2 is 1.76 bits per heavy atom. The second-order valence-corrected chi connectivity index (χ2v) is 12.8. The molecule has 4 bridgehead atoms. The summed E-state index contributed by atoms with van der Waals surface area (Å²) < 4.78 is 16.9. The Kier molecular flexibility index (Phi) is 9.04. The fraction of sp³-hybridized carbons (Fsp3) is 0.444. The van der Waals surface area contributed by atoms with Crippen molar-refractivity contribution in [3.63, 3.8) is 0 Å².